The van der Waals surface area contributed by atoms with Crippen LogP contribution in [0.3, 0.4) is 0 Å². The van der Waals surface area contributed by atoms with Gasteiger partial charge in [0.1, 0.15) is 23.1 Å². The Morgan fingerprint density at radius 2 is 1.06 bits per heavy atom. The van der Waals surface area contributed by atoms with E-state index in [4.69, 9.17) is 28.7 Å². The summed E-state index contributed by atoms with van der Waals surface area (Å²) in [6.45, 7) is 1.78. The average Bonchev–Trinajstić information content (AvgIpc) is 3.85. The Morgan fingerprint density at radius 3 is 1.59 bits per heavy atom. The monoisotopic (exact) mass is 913 g/mol. The third kappa shape index (κ3) is 12.2. The molecule has 0 aliphatic carbocycles. The van der Waals surface area contributed by atoms with Gasteiger partial charge in [0.25, 0.3) is 0 Å². The number of methoxy groups -OCH3 is 5. The number of rotatable bonds is 18. The lowest BCUT2D eigenvalue weighted by Crippen LogP contribution is -2.24. The summed E-state index contributed by atoms with van der Waals surface area (Å²) in [6.07, 6.45) is 6.01. The number of esters is 2. The normalized spacial score (nSPS) is 10.6. The smallest absolute Gasteiger partial charge is 0.337 e. The van der Waals surface area contributed by atoms with Crippen molar-refractivity contribution in [3.63, 3.8) is 0 Å². The van der Waals surface area contributed by atoms with Crippen LogP contribution in [0.2, 0.25) is 0 Å². The Morgan fingerprint density at radius 1 is 0.559 bits per heavy atom. The number of ether oxygens (including phenoxy) is 5. The zero-order chi connectivity index (χ0) is 47.8. The standard InChI is InChI=1S/C31H31N3O5.C22H20N4O3/c1-37-27-13-4-22(5-14-27)20-34(21-23-6-15-28(38-2)16-7-23)31-32-19-18-26(33-31)12-17-29(35)24-8-10-25(11-9-24)30(36)39-3;1-28-19-9-3-15(4-10-19)13-25-22-23-12-11-18-14-24-20(26(18)22)16-5-7-17(8-6-16)21(27)29-2/h4-11,13-16,18-19H,12,17,20-21H2,1-3H3;3-12,14H,13H2,1-2H3,(H,23,25). The van der Waals surface area contributed by atoms with E-state index in [1.807, 2.05) is 101 Å². The molecule has 8 aromatic rings. The number of hydrogen-bond donors (Lipinski definition) is 1. The Hall–Kier alpha value is -8.59. The number of ketones is 1. The van der Waals surface area contributed by atoms with Crippen molar-refractivity contribution in [3.05, 3.63) is 191 Å². The van der Waals surface area contributed by atoms with Crippen molar-refractivity contribution in [3.8, 4) is 28.6 Å². The minimum Gasteiger partial charge on any atom is -0.497 e. The topological polar surface area (TPSA) is 169 Å². The molecule has 0 radical (unpaired) electrons. The van der Waals surface area contributed by atoms with E-state index in [0.717, 1.165) is 56.5 Å². The van der Waals surface area contributed by atoms with Crippen LogP contribution in [-0.4, -0.2) is 77.6 Å². The maximum absolute atomic E-state index is 12.8. The van der Waals surface area contributed by atoms with E-state index in [1.54, 1.807) is 76.3 Å². The number of Topliss-reactive ketones (excluding diaryl/α,β-unsaturated/α-hetero) is 1. The molecule has 0 unspecified atom stereocenters. The van der Waals surface area contributed by atoms with Crippen molar-refractivity contribution in [2.75, 3.05) is 45.8 Å². The van der Waals surface area contributed by atoms with E-state index in [0.29, 0.717) is 54.6 Å². The van der Waals surface area contributed by atoms with Gasteiger partial charge < -0.3 is 33.9 Å². The number of imidazole rings is 1. The molecule has 0 aliphatic heterocycles. The first-order valence-corrected chi connectivity index (χ1v) is 21.6. The molecule has 3 heterocycles. The number of carbonyl (C=O) groups excluding carboxylic acids is 3. The summed E-state index contributed by atoms with van der Waals surface area (Å²) in [5.74, 6) is 3.58. The summed E-state index contributed by atoms with van der Waals surface area (Å²) < 4.78 is 27.2. The molecular weight excluding hydrogens is 863 g/mol. The quantitative estimate of drug-likeness (QED) is 0.0639. The van der Waals surface area contributed by atoms with Crippen LogP contribution in [0, 0.1) is 0 Å². The third-order valence-electron chi connectivity index (χ3n) is 10.9. The SMILES string of the molecule is COC(=O)c1ccc(-c2ncc3ccnc(NCc4ccc(OC)cc4)n23)cc1.COC(=O)c1ccc(C(=O)CCc2ccnc(N(Cc3ccc(OC)cc3)Cc3ccc(OC)cc3)n2)cc1. The summed E-state index contributed by atoms with van der Waals surface area (Å²) in [5, 5.41) is 3.37. The van der Waals surface area contributed by atoms with Gasteiger partial charge in [-0.3, -0.25) is 9.20 Å². The first-order chi connectivity index (χ1) is 33.2. The zero-order valence-electron chi connectivity index (χ0n) is 38.4. The molecule has 0 saturated heterocycles. The molecule has 0 saturated carbocycles. The number of aryl methyl sites for hydroxylation is 1. The number of nitrogens with one attached hydrogen (secondary N) is 1. The van der Waals surface area contributed by atoms with Crippen LogP contribution >= 0.6 is 0 Å². The average molecular weight is 914 g/mol. The molecule has 0 fully saturated rings. The van der Waals surface area contributed by atoms with Crippen LogP contribution < -0.4 is 24.4 Å². The lowest BCUT2D eigenvalue weighted by atomic mass is 10.0. The van der Waals surface area contributed by atoms with Crippen LogP contribution in [0.4, 0.5) is 11.9 Å². The molecule has 0 amide bonds. The van der Waals surface area contributed by atoms with Crippen molar-refractivity contribution in [1.29, 1.82) is 0 Å². The fraction of sp³-hybridized carbons (Fsp3) is 0.189. The number of carbonyl (C=O) groups is 3. The van der Waals surface area contributed by atoms with Gasteiger partial charge in [-0.15, -0.1) is 0 Å². The van der Waals surface area contributed by atoms with E-state index in [2.05, 4.69) is 25.2 Å². The maximum atomic E-state index is 12.8. The molecule has 3 aromatic heterocycles. The molecule has 1 N–H and O–H groups in total. The lowest BCUT2D eigenvalue weighted by Gasteiger charge is -2.23. The molecule has 8 rings (SSSR count). The zero-order valence-corrected chi connectivity index (χ0v) is 38.4. The summed E-state index contributed by atoms with van der Waals surface area (Å²) >= 11 is 0. The number of aromatic nitrogens is 5. The van der Waals surface area contributed by atoms with Gasteiger partial charge in [0.05, 0.1) is 58.4 Å². The van der Waals surface area contributed by atoms with Gasteiger partial charge in [-0.25, -0.2) is 29.5 Å². The largest absolute Gasteiger partial charge is 0.497 e. The van der Waals surface area contributed by atoms with E-state index in [1.165, 1.54) is 14.2 Å². The van der Waals surface area contributed by atoms with Crippen molar-refractivity contribution >= 4 is 35.1 Å². The van der Waals surface area contributed by atoms with Crippen LogP contribution in [0.5, 0.6) is 17.2 Å². The molecule has 0 aliphatic rings. The summed E-state index contributed by atoms with van der Waals surface area (Å²) in [5.41, 5.74) is 7.28. The molecule has 0 bridgehead atoms. The number of nitrogens with zero attached hydrogens (tertiary/aromatic N) is 6. The number of hydrogen-bond acceptors (Lipinski definition) is 14. The Balaban J connectivity index is 0.000000210. The second kappa shape index (κ2) is 23.0. The number of fused-ring (bicyclic) bond motifs is 1. The molecule has 0 atom stereocenters. The Labute approximate surface area is 394 Å². The van der Waals surface area contributed by atoms with Crippen molar-refractivity contribution in [2.24, 2.45) is 0 Å². The molecule has 15 nitrogen and oxygen atoms in total. The number of benzene rings is 5. The van der Waals surface area contributed by atoms with E-state index in [9.17, 15) is 14.4 Å². The number of anilines is 2. The molecule has 68 heavy (non-hydrogen) atoms. The minimum absolute atomic E-state index is 0.0279. The predicted molar refractivity (Wildman–Crippen MR) is 258 cm³/mol. The molecule has 15 heteroatoms. The van der Waals surface area contributed by atoms with Gasteiger partial charge in [0.15, 0.2) is 5.78 Å². The van der Waals surface area contributed by atoms with Crippen molar-refractivity contribution in [2.45, 2.75) is 32.5 Å². The first kappa shape index (κ1) is 47.4. The molecule has 346 valence electrons. The van der Waals surface area contributed by atoms with Crippen LogP contribution in [0.25, 0.3) is 16.9 Å². The van der Waals surface area contributed by atoms with Gasteiger partial charge in [-0.2, -0.15) is 0 Å². The van der Waals surface area contributed by atoms with Crippen LogP contribution in [0.1, 0.15) is 59.9 Å². The second-order valence-electron chi connectivity index (χ2n) is 15.3. The van der Waals surface area contributed by atoms with E-state index < -0.39 is 5.97 Å². The summed E-state index contributed by atoms with van der Waals surface area (Å²) in [7, 11) is 7.63. The Kier molecular flexibility index (Phi) is 16.1. The van der Waals surface area contributed by atoms with Gasteiger partial charge in [-0.1, -0.05) is 60.7 Å². The molecule has 5 aromatic carbocycles. The molecule has 0 spiro atoms. The highest BCUT2D eigenvalue weighted by Crippen LogP contribution is 2.25. The maximum Gasteiger partial charge on any atom is 0.337 e. The third-order valence-corrected chi connectivity index (χ3v) is 10.9. The van der Waals surface area contributed by atoms with E-state index >= 15 is 0 Å². The van der Waals surface area contributed by atoms with Crippen molar-refractivity contribution < 1.29 is 38.1 Å². The second-order valence-corrected chi connectivity index (χ2v) is 15.3. The van der Waals surface area contributed by atoms with E-state index in [-0.39, 0.29) is 18.2 Å². The molecular formula is C53H51N7O8. The summed E-state index contributed by atoms with van der Waals surface area (Å²) in [6, 6.07) is 41.0. The van der Waals surface area contributed by atoms with Crippen LogP contribution in [-0.2, 0) is 35.5 Å². The van der Waals surface area contributed by atoms with Crippen molar-refractivity contribution in [1.82, 2.24) is 24.3 Å². The predicted octanol–water partition coefficient (Wildman–Crippen LogP) is 9.11. The highest BCUT2D eigenvalue weighted by Gasteiger charge is 2.16. The van der Waals surface area contributed by atoms with Gasteiger partial charge in [-0.05, 0) is 95.9 Å². The minimum atomic E-state index is -0.434. The highest BCUT2D eigenvalue weighted by molar-refractivity contribution is 5.97. The highest BCUT2D eigenvalue weighted by atomic mass is 16.5. The van der Waals surface area contributed by atoms with Gasteiger partial charge in [0, 0.05) is 55.3 Å². The van der Waals surface area contributed by atoms with Crippen LogP contribution in [0.15, 0.2) is 152 Å². The first-order valence-electron chi connectivity index (χ1n) is 21.6. The van der Waals surface area contributed by atoms with Gasteiger partial charge >= 0.3 is 11.9 Å². The fourth-order valence-electron chi connectivity index (χ4n) is 7.15. The van der Waals surface area contributed by atoms with Gasteiger partial charge in [0.2, 0.25) is 11.9 Å². The lowest BCUT2D eigenvalue weighted by molar-refractivity contribution is 0.0592. The summed E-state index contributed by atoms with van der Waals surface area (Å²) in [4.78, 5) is 56.6. The Bertz CT molecular complexity index is 2870. The fourth-order valence-corrected chi connectivity index (χ4v) is 7.15.